The fraction of sp³-hybridized carbons (Fsp3) is 0.500. The molecule has 1 aromatic rings. The summed E-state index contributed by atoms with van der Waals surface area (Å²) in [4.78, 5) is 4.62. The lowest BCUT2D eigenvalue weighted by atomic mass is 10.2. The van der Waals surface area contributed by atoms with Crippen molar-refractivity contribution in [1.82, 2.24) is 10.6 Å². The van der Waals surface area contributed by atoms with E-state index < -0.39 is 0 Å². The van der Waals surface area contributed by atoms with Crippen molar-refractivity contribution in [2.24, 2.45) is 4.99 Å². The molecule has 0 spiro atoms. The van der Waals surface area contributed by atoms with Crippen molar-refractivity contribution in [3.63, 3.8) is 0 Å². The molecule has 1 saturated carbocycles. The first kappa shape index (κ1) is 16.4. The largest absolute Gasteiger partial charge is 0.490 e. The number of hydrogen-bond acceptors (Lipinski definition) is 2. The van der Waals surface area contributed by atoms with Crippen molar-refractivity contribution in [2.75, 3.05) is 13.1 Å². The average molecular weight is 301 g/mol. The Morgan fingerprint density at radius 3 is 2.82 bits per heavy atom. The Balaban J connectivity index is 2.02. The van der Waals surface area contributed by atoms with Crippen LogP contribution < -0.4 is 15.4 Å². The third-order valence-electron chi connectivity index (χ3n) is 3.73. The predicted octanol–water partition coefficient (Wildman–Crippen LogP) is 3.25. The Labute approximate surface area is 133 Å². The highest BCUT2D eigenvalue weighted by Gasteiger charge is 2.17. The van der Waals surface area contributed by atoms with E-state index in [0.717, 1.165) is 23.8 Å². The van der Waals surface area contributed by atoms with Gasteiger partial charge in [-0.05, 0) is 38.7 Å². The van der Waals surface area contributed by atoms with Crippen LogP contribution in [-0.4, -0.2) is 25.2 Å². The van der Waals surface area contributed by atoms with Gasteiger partial charge in [-0.3, -0.25) is 0 Å². The highest BCUT2D eigenvalue weighted by atomic mass is 16.5. The van der Waals surface area contributed by atoms with E-state index in [9.17, 15) is 0 Å². The first-order chi connectivity index (χ1) is 10.8. The minimum atomic E-state index is 0.372. The second-order valence-corrected chi connectivity index (χ2v) is 5.50. The SMILES string of the molecule is C=CCNC(=NCc1ccccc1OC1CCCC1)NCC. The zero-order valence-corrected chi connectivity index (χ0v) is 13.5. The molecule has 4 heteroatoms. The molecule has 1 aliphatic carbocycles. The summed E-state index contributed by atoms with van der Waals surface area (Å²) in [5.41, 5.74) is 1.13. The second-order valence-electron chi connectivity index (χ2n) is 5.50. The van der Waals surface area contributed by atoms with E-state index in [2.05, 4.69) is 35.2 Å². The smallest absolute Gasteiger partial charge is 0.191 e. The van der Waals surface area contributed by atoms with Gasteiger partial charge in [-0.25, -0.2) is 4.99 Å². The summed E-state index contributed by atoms with van der Waals surface area (Å²) in [6.07, 6.45) is 7.09. The van der Waals surface area contributed by atoms with E-state index in [1.54, 1.807) is 0 Å². The van der Waals surface area contributed by atoms with Crippen molar-refractivity contribution >= 4 is 5.96 Å². The van der Waals surface area contributed by atoms with E-state index >= 15 is 0 Å². The molecule has 2 rings (SSSR count). The summed E-state index contributed by atoms with van der Waals surface area (Å²) in [6.45, 7) is 7.92. The van der Waals surface area contributed by atoms with Crippen molar-refractivity contribution < 1.29 is 4.74 Å². The van der Waals surface area contributed by atoms with Gasteiger partial charge in [-0.1, -0.05) is 24.3 Å². The van der Waals surface area contributed by atoms with E-state index in [1.165, 1.54) is 25.7 Å². The Kier molecular flexibility index (Phi) is 6.81. The number of ether oxygens (including phenoxy) is 1. The number of hydrogen-bond donors (Lipinski definition) is 2. The summed E-state index contributed by atoms with van der Waals surface area (Å²) in [7, 11) is 0. The minimum absolute atomic E-state index is 0.372. The van der Waals surface area contributed by atoms with Crippen LogP contribution >= 0.6 is 0 Å². The van der Waals surface area contributed by atoms with Crippen LogP contribution in [0.3, 0.4) is 0 Å². The van der Waals surface area contributed by atoms with E-state index in [0.29, 0.717) is 19.2 Å². The highest BCUT2D eigenvalue weighted by Crippen LogP contribution is 2.26. The maximum absolute atomic E-state index is 6.15. The number of guanidine groups is 1. The van der Waals surface area contributed by atoms with Gasteiger partial charge in [-0.15, -0.1) is 6.58 Å². The lowest BCUT2D eigenvalue weighted by Gasteiger charge is -2.16. The van der Waals surface area contributed by atoms with Gasteiger partial charge >= 0.3 is 0 Å². The average Bonchev–Trinajstić information content (AvgIpc) is 3.04. The first-order valence-electron chi connectivity index (χ1n) is 8.21. The molecule has 0 bridgehead atoms. The molecule has 0 amide bonds. The molecule has 1 fully saturated rings. The number of para-hydroxylation sites is 1. The van der Waals surface area contributed by atoms with Crippen LogP contribution in [0.25, 0.3) is 0 Å². The van der Waals surface area contributed by atoms with Crippen molar-refractivity contribution in [3.8, 4) is 5.75 Å². The summed E-state index contributed by atoms with van der Waals surface area (Å²) < 4.78 is 6.15. The molecule has 4 nitrogen and oxygen atoms in total. The number of benzene rings is 1. The summed E-state index contributed by atoms with van der Waals surface area (Å²) >= 11 is 0. The number of nitrogens with one attached hydrogen (secondary N) is 2. The monoisotopic (exact) mass is 301 g/mol. The van der Waals surface area contributed by atoms with Gasteiger partial charge in [0.25, 0.3) is 0 Å². The number of aliphatic imine (C=N–C) groups is 1. The fourth-order valence-corrected chi connectivity index (χ4v) is 2.61. The fourth-order valence-electron chi connectivity index (χ4n) is 2.61. The van der Waals surface area contributed by atoms with Crippen LogP contribution in [0.5, 0.6) is 5.75 Å². The Morgan fingerprint density at radius 2 is 2.09 bits per heavy atom. The summed E-state index contributed by atoms with van der Waals surface area (Å²) in [6, 6.07) is 8.20. The molecule has 0 atom stereocenters. The van der Waals surface area contributed by atoms with Gasteiger partial charge in [0, 0.05) is 18.7 Å². The standard InChI is InChI=1S/C18H27N3O/c1-3-13-20-18(19-4-2)21-14-15-9-5-8-12-17(15)22-16-10-6-7-11-16/h3,5,8-9,12,16H,1,4,6-7,10-11,13-14H2,2H3,(H2,19,20,21). The molecule has 0 unspecified atom stereocenters. The Morgan fingerprint density at radius 1 is 1.32 bits per heavy atom. The molecule has 0 aromatic heterocycles. The van der Waals surface area contributed by atoms with Gasteiger partial charge < -0.3 is 15.4 Å². The van der Waals surface area contributed by atoms with Gasteiger partial charge in [0.15, 0.2) is 5.96 Å². The molecule has 0 heterocycles. The molecule has 0 radical (unpaired) electrons. The van der Waals surface area contributed by atoms with Gasteiger partial charge in [0.05, 0.1) is 12.6 Å². The lowest BCUT2D eigenvalue weighted by molar-refractivity contribution is 0.208. The van der Waals surface area contributed by atoms with Crippen LogP contribution in [0.2, 0.25) is 0 Å². The van der Waals surface area contributed by atoms with Crippen LogP contribution in [0.4, 0.5) is 0 Å². The van der Waals surface area contributed by atoms with Crippen LogP contribution in [0, 0.1) is 0 Å². The van der Waals surface area contributed by atoms with Crippen LogP contribution in [-0.2, 0) is 6.54 Å². The molecule has 0 aliphatic heterocycles. The Bertz CT molecular complexity index is 493. The van der Waals surface area contributed by atoms with Crippen LogP contribution in [0.1, 0.15) is 38.2 Å². The van der Waals surface area contributed by atoms with E-state index in [4.69, 9.17) is 4.74 Å². The Hall–Kier alpha value is -1.97. The van der Waals surface area contributed by atoms with E-state index in [1.807, 2.05) is 24.3 Å². The molecular weight excluding hydrogens is 274 g/mol. The normalized spacial score (nSPS) is 15.6. The zero-order chi connectivity index (χ0) is 15.6. The van der Waals surface area contributed by atoms with Gasteiger partial charge in [-0.2, -0.15) is 0 Å². The lowest BCUT2D eigenvalue weighted by Crippen LogP contribution is -2.37. The molecule has 1 aliphatic rings. The predicted molar refractivity (Wildman–Crippen MR) is 92.3 cm³/mol. The third-order valence-corrected chi connectivity index (χ3v) is 3.73. The highest BCUT2D eigenvalue weighted by molar-refractivity contribution is 5.79. The summed E-state index contributed by atoms with van der Waals surface area (Å²) in [5, 5.41) is 6.44. The molecule has 2 N–H and O–H groups in total. The van der Waals surface area contributed by atoms with E-state index in [-0.39, 0.29) is 0 Å². The quantitative estimate of drug-likeness (QED) is 0.462. The molecular formula is C18H27N3O. The number of nitrogens with zero attached hydrogens (tertiary/aromatic N) is 1. The molecule has 1 aromatic carbocycles. The van der Waals surface area contributed by atoms with Gasteiger partial charge in [0.1, 0.15) is 5.75 Å². The maximum Gasteiger partial charge on any atom is 0.191 e. The topological polar surface area (TPSA) is 45.7 Å². The number of rotatable bonds is 7. The molecule has 22 heavy (non-hydrogen) atoms. The minimum Gasteiger partial charge on any atom is -0.490 e. The van der Waals surface area contributed by atoms with Gasteiger partial charge in [0.2, 0.25) is 0 Å². The molecule has 0 saturated heterocycles. The molecule has 120 valence electrons. The van der Waals surface area contributed by atoms with Crippen molar-refractivity contribution in [1.29, 1.82) is 0 Å². The first-order valence-corrected chi connectivity index (χ1v) is 8.21. The van der Waals surface area contributed by atoms with Crippen molar-refractivity contribution in [3.05, 3.63) is 42.5 Å². The van der Waals surface area contributed by atoms with Crippen LogP contribution in [0.15, 0.2) is 41.9 Å². The third kappa shape index (κ3) is 5.10. The van der Waals surface area contributed by atoms with Crippen molar-refractivity contribution in [2.45, 2.75) is 45.3 Å². The maximum atomic E-state index is 6.15. The zero-order valence-electron chi connectivity index (χ0n) is 13.5. The second kappa shape index (κ2) is 9.13. The summed E-state index contributed by atoms with van der Waals surface area (Å²) in [5.74, 6) is 1.77.